The quantitative estimate of drug-likeness (QED) is 0.330. The van der Waals surface area contributed by atoms with E-state index in [4.69, 9.17) is 0 Å². The minimum Gasteiger partial charge on any atom is -0.325 e. The summed E-state index contributed by atoms with van der Waals surface area (Å²) in [4.78, 5) is 21.8. The third-order valence-electron chi connectivity index (χ3n) is 4.78. The number of amides is 1. The fraction of sp³-hybridized carbons (Fsp3) is 0.125. The van der Waals surface area contributed by atoms with E-state index in [9.17, 15) is 9.18 Å². The number of fused-ring (bicyclic) bond motifs is 1. The summed E-state index contributed by atoms with van der Waals surface area (Å²) in [5, 5.41) is 4.33. The molecule has 0 spiro atoms. The van der Waals surface area contributed by atoms with Crippen molar-refractivity contribution in [3.63, 3.8) is 0 Å². The fourth-order valence-corrected chi connectivity index (χ4v) is 3.84. The Morgan fingerprint density at radius 2 is 1.67 bits per heavy atom. The van der Waals surface area contributed by atoms with Crippen molar-refractivity contribution in [1.82, 2.24) is 9.97 Å². The maximum absolute atomic E-state index is 13.4. The van der Waals surface area contributed by atoms with Gasteiger partial charge in [-0.2, -0.15) is 0 Å². The summed E-state index contributed by atoms with van der Waals surface area (Å²) in [5.74, 6) is -0.226. The van der Waals surface area contributed by atoms with Gasteiger partial charge in [-0.05, 0) is 55.3 Å². The normalized spacial score (nSPS) is 10.9. The van der Waals surface area contributed by atoms with Gasteiger partial charge in [0.2, 0.25) is 5.91 Å². The molecule has 1 heterocycles. The second-order valence-electron chi connectivity index (χ2n) is 6.98. The number of hydrogen-bond acceptors (Lipinski definition) is 4. The van der Waals surface area contributed by atoms with Crippen LogP contribution in [-0.2, 0) is 4.79 Å². The van der Waals surface area contributed by atoms with Crippen molar-refractivity contribution in [2.45, 2.75) is 19.0 Å². The number of nitrogens with zero attached hydrogens (tertiary/aromatic N) is 2. The van der Waals surface area contributed by atoms with E-state index in [1.165, 1.54) is 23.9 Å². The van der Waals surface area contributed by atoms with Gasteiger partial charge in [-0.1, -0.05) is 48.2 Å². The number of anilines is 1. The first-order valence-electron chi connectivity index (χ1n) is 9.53. The molecule has 30 heavy (non-hydrogen) atoms. The van der Waals surface area contributed by atoms with Crippen LogP contribution in [0.15, 0.2) is 71.9 Å². The molecule has 4 aromatic rings. The lowest BCUT2D eigenvalue weighted by atomic mass is 10.0. The number of benzene rings is 3. The second kappa shape index (κ2) is 8.63. The highest BCUT2D eigenvalue weighted by molar-refractivity contribution is 7.99. The highest BCUT2D eigenvalue weighted by Crippen LogP contribution is 2.30. The predicted molar refractivity (Wildman–Crippen MR) is 120 cm³/mol. The number of rotatable bonds is 5. The zero-order chi connectivity index (χ0) is 21.1. The molecular weight excluding hydrogens is 397 g/mol. The topological polar surface area (TPSA) is 54.9 Å². The van der Waals surface area contributed by atoms with Gasteiger partial charge in [0.1, 0.15) is 5.82 Å². The van der Waals surface area contributed by atoms with Gasteiger partial charge in [0.05, 0.1) is 17.0 Å². The average Bonchev–Trinajstić information content (AvgIpc) is 2.74. The summed E-state index contributed by atoms with van der Waals surface area (Å²) in [6, 6.07) is 19.8. The maximum Gasteiger partial charge on any atom is 0.234 e. The lowest BCUT2D eigenvalue weighted by Gasteiger charge is -2.11. The Kier molecular flexibility index (Phi) is 5.77. The van der Waals surface area contributed by atoms with Gasteiger partial charge in [0, 0.05) is 16.6 Å². The standard InChI is InChI=1S/C24H20FN3OS/c1-15-6-3-4-9-20(15)26-21(29)14-30-24-27-22-16(2)7-5-8-19(22)23(28-24)17-10-12-18(25)13-11-17/h3-13H,14H2,1-2H3,(H,26,29). The van der Waals surface area contributed by atoms with E-state index in [0.717, 1.165) is 39.0 Å². The molecule has 4 rings (SSSR count). The lowest BCUT2D eigenvalue weighted by Crippen LogP contribution is -2.15. The minimum atomic E-state index is -0.296. The summed E-state index contributed by atoms with van der Waals surface area (Å²) in [7, 11) is 0. The maximum atomic E-state index is 13.4. The molecule has 0 saturated carbocycles. The van der Waals surface area contributed by atoms with Gasteiger partial charge in [-0.15, -0.1) is 0 Å². The van der Waals surface area contributed by atoms with Crippen LogP contribution in [-0.4, -0.2) is 21.6 Å². The largest absolute Gasteiger partial charge is 0.325 e. The molecule has 0 saturated heterocycles. The summed E-state index contributed by atoms with van der Waals surface area (Å²) in [5.41, 5.74) is 5.18. The Morgan fingerprint density at radius 3 is 2.43 bits per heavy atom. The van der Waals surface area contributed by atoms with Gasteiger partial charge in [-0.3, -0.25) is 4.79 Å². The average molecular weight is 418 g/mol. The van der Waals surface area contributed by atoms with Crippen LogP contribution in [0.4, 0.5) is 10.1 Å². The van der Waals surface area contributed by atoms with Crippen LogP contribution in [0.2, 0.25) is 0 Å². The predicted octanol–water partition coefficient (Wildman–Crippen LogP) is 5.78. The number of para-hydroxylation sites is 2. The van der Waals surface area contributed by atoms with E-state index in [2.05, 4.69) is 15.3 Å². The third-order valence-corrected chi connectivity index (χ3v) is 5.62. The van der Waals surface area contributed by atoms with Crippen molar-refractivity contribution in [3.05, 3.63) is 83.7 Å². The molecule has 0 atom stereocenters. The summed E-state index contributed by atoms with van der Waals surface area (Å²) >= 11 is 1.28. The van der Waals surface area contributed by atoms with Crippen molar-refractivity contribution in [2.24, 2.45) is 0 Å². The summed E-state index contributed by atoms with van der Waals surface area (Å²) in [6.45, 7) is 3.94. The van der Waals surface area contributed by atoms with Gasteiger partial charge in [0.15, 0.2) is 5.16 Å². The summed E-state index contributed by atoms with van der Waals surface area (Å²) < 4.78 is 13.4. The van der Waals surface area contributed by atoms with E-state index in [0.29, 0.717) is 5.16 Å². The smallest absolute Gasteiger partial charge is 0.234 e. The van der Waals surface area contributed by atoms with Crippen LogP contribution in [0.3, 0.4) is 0 Å². The number of carbonyl (C=O) groups is 1. The second-order valence-corrected chi connectivity index (χ2v) is 7.93. The molecule has 0 aliphatic carbocycles. The van der Waals surface area contributed by atoms with Crippen molar-refractivity contribution >= 4 is 34.3 Å². The molecule has 1 amide bonds. The number of aromatic nitrogens is 2. The molecule has 0 radical (unpaired) electrons. The number of aryl methyl sites for hydroxylation is 2. The van der Waals surface area contributed by atoms with E-state index in [1.807, 2.05) is 56.3 Å². The Bertz CT molecular complexity index is 1230. The monoisotopic (exact) mass is 417 g/mol. The Labute approximate surface area is 178 Å². The van der Waals surface area contributed by atoms with Crippen LogP contribution in [0.5, 0.6) is 0 Å². The fourth-order valence-electron chi connectivity index (χ4n) is 3.20. The lowest BCUT2D eigenvalue weighted by molar-refractivity contribution is -0.113. The Hall–Kier alpha value is -3.25. The van der Waals surface area contributed by atoms with E-state index >= 15 is 0 Å². The van der Waals surface area contributed by atoms with Gasteiger partial charge >= 0.3 is 0 Å². The molecule has 0 unspecified atom stereocenters. The molecule has 3 aromatic carbocycles. The third kappa shape index (κ3) is 4.33. The molecular formula is C24H20FN3OS. The summed E-state index contributed by atoms with van der Waals surface area (Å²) in [6.07, 6.45) is 0. The molecule has 0 aliphatic rings. The number of thioether (sulfide) groups is 1. The van der Waals surface area contributed by atoms with Gasteiger partial charge < -0.3 is 5.32 Å². The first-order chi connectivity index (χ1) is 14.5. The number of carbonyl (C=O) groups excluding carboxylic acids is 1. The Morgan fingerprint density at radius 1 is 0.933 bits per heavy atom. The zero-order valence-corrected chi connectivity index (χ0v) is 17.5. The zero-order valence-electron chi connectivity index (χ0n) is 16.6. The Balaban J connectivity index is 1.63. The van der Waals surface area contributed by atoms with E-state index < -0.39 is 0 Å². The van der Waals surface area contributed by atoms with E-state index in [1.54, 1.807) is 12.1 Å². The highest BCUT2D eigenvalue weighted by Gasteiger charge is 2.13. The van der Waals surface area contributed by atoms with Crippen molar-refractivity contribution in [2.75, 3.05) is 11.1 Å². The van der Waals surface area contributed by atoms with Crippen LogP contribution in [0, 0.1) is 19.7 Å². The van der Waals surface area contributed by atoms with Gasteiger partial charge in [-0.25, -0.2) is 14.4 Å². The molecule has 6 heteroatoms. The molecule has 1 N–H and O–H groups in total. The van der Waals surface area contributed by atoms with Crippen molar-refractivity contribution < 1.29 is 9.18 Å². The van der Waals surface area contributed by atoms with Crippen LogP contribution in [0.25, 0.3) is 22.2 Å². The first-order valence-corrected chi connectivity index (χ1v) is 10.5. The number of nitrogens with one attached hydrogen (secondary N) is 1. The van der Waals surface area contributed by atoms with E-state index in [-0.39, 0.29) is 17.5 Å². The number of hydrogen-bond donors (Lipinski definition) is 1. The molecule has 150 valence electrons. The SMILES string of the molecule is Cc1ccccc1NC(=O)CSc1nc(-c2ccc(F)cc2)c2cccc(C)c2n1. The molecule has 1 aromatic heterocycles. The van der Waals surface area contributed by atoms with Crippen molar-refractivity contribution in [1.29, 1.82) is 0 Å². The molecule has 0 aliphatic heterocycles. The number of halogens is 1. The highest BCUT2D eigenvalue weighted by atomic mass is 32.2. The van der Waals surface area contributed by atoms with Crippen LogP contribution >= 0.6 is 11.8 Å². The van der Waals surface area contributed by atoms with Crippen LogP contribution < -0.4 is 5.32 Å². The van der Waals surface area contributed by atoms with Gasteiger partial charge in [0.25, 0.3) is 0 Å². The molecule has 0 bridgehead atoms. The minimum absolute atomic E-state index is 0.119. The van der Waals surface area contributed by atoms with Crippen LogP contribution in [0.1, 0.15) is 11.1 Å². The van der Waals surface area contributed by atoms with Crippen molar-refractivity contribution in [3.8, 4) is 11.3 Å². The first kappa shape index (κ1) is 20.0. The molecule has 4 nitrogen and oxygen atoms in total. The molecule has 0 fully saturated rings.